The Balaban J connectivity index is 1.85. The molecule has 1 saturated heterocycles. The lowest BCUT2D eigenvalue weighted by atomic mass is 9.99. The number of carbonyl (C=O) groups is 1. The lowest BCUT2D eigenvalue weighted by Gasteiger charge is -2.44. The predicted molar refractivity (Wildman–Crippen MR) is 71.2 cm³/mol. The molecule has 19 heavy (non-hydrogen) atoms. The molecule has 1 aromatic rings. The molecule has 6 heteroatoms. The fourth-order valence-electron chi connectivity index (χ4n) is 2.59. The van der Waals surface area contributed by atoms with Gasteiger partial charge in [-0.25, -0.2) is 9.48 Å². The summed E-state index contributed by atoms with van der Waals surface area (Å²) in [7, 11) is 0. The molecule has 0 radical (unpaired) electrons. The smallest absolute Gasteiger partial charge is 0.358 e. The zero-order valence-electron chi connectivity index (χ0n) is 11.6. The topological polar surface area (TPSA) is 71.2 Å². The van der Waals surface area contributed by atoms with Crippen LogP contribution in [0.15, 0.2) is 6.20 Å². The van der Waals surface area contributed by atoms with E-state index in [1.165, 1.54) is 31.9 Å². The van der Waals surface area contributed by atoms with Crippen LogP contribution in [0.25, 0.3) is 0 Å². The van der Waals surface area contributed by atoms with E-state index in [1.54, 1.807) is 4.68 Å². The number of aromatic nitrogens is 3. The van der Waals surface area contributed by atoms with Crippen molar-refractivity contribution >= 4 is 5.97 Å². The normalized spacial score (nSPS) is 18.2. The van der Waals surface area contributed by atoms with Crippen molar-refractivity contribution in [1.29, 1.82) is 0 Å². The van der Waals surface area contributed by atoms with Gasteiger partial charge in [0.25, 0.3) is 0 Å². The van der Waals surface area contributed by atoms with Crippen molar-refractivity contribution in [3.63, 3.8) is 0 Å². The number of carboxylic acid groups (broad SMARTS) is 1. The first-order chi connectivity index (χ1) is 9.15. The summed E-state index contributed by atoms with van der Waals surface area (Å²) < 4.78 is 1.69. The fourth-order valence-corrected chi connectivity index (χ4v) is 2.59. The highest BCUT2D eigenvalue weighted by atomic mass is 16.4. The second-order valence-corrected chi connectivity index (χ2v) is 5.20. The Morgan fingerprint density at radius 1 is 1.53 bits per heavy atom. The fraction of sp³-hybridized carbons (Fsp3) is 0.769. The third-order valence-corrected chi connectivity index (χ3v) is 3.87. The molecule has 0 aliphatic carbocycles. The zero-order chi connectivity index (χ0) is 13.8. The maximum atomic E-state index is 10.8. The van der Waals surface area contributed by atoms with Crippen molar-refractivity contribution < 1.29 is 9.90 Å². The molecule has 0 amide bonds. The van der Waals surface area contributed by atoms with Crippen LogP contribution < -0.4 is 0 Å². The van der Waals surface area contributed by atoms with E-state index in [0.717, 1.165) is 13.1 Å². The molecule has 0 saturated carbocycles. The van der Waals surface area contributed by atoms with Crippen molar-refractivity contribution in [1.82, 2.24) is 19.9 Å². The van der Waals surface area contributed by atoms with Gasteiger partial charge in [0.15, 0.2) is 5.69 Å². The lowest BCUT2D eigenvalue weighted by Crippen LogP contribution is -2.52. The van der Waals surface area contributed by atoms with Gasteiger partial charge >= 0.3 is 5.97 Å². The number of hydrogen-bond acceptors (Lipinski definition) is 4. The van der Waals surface area contributed by atoms with Gasteiger partial charge in [-0.2, -0.15) is 0 Å². The van der Waals surface area contributed by atoms with Gasteiger partial charge < -0.3 is 5.11 Å². The van der Waals surface area contributed by atoms with E-state index >= 15 is 0 Å². The molecule has 1 unspecified atom stereocenters. The summed E-state index contributed by atoms with van der Waals surface area (Å²) in [6.45, 7) is 6.34. The van der Waals surface area contributed by atoms with E-state index in [1.807, 2.05) is 0 Å². The molecule has 6 nitrogen and oxygen atoms in total. The maximum Gasteiger partial charge on any atom is 0.358 e. The average molecular weight is 266 g/mol. The molecule has 1 fully saturated rings. The van der Waals surface area contributed by atoms with Gasteiger partial charge in [-0.15, -0.1) is 5.10 Å². The number of rotatable bonds is 7. The van der Waals surface area contributed by atoms with E-state index in [-0.39, 0.29) is 11.7 Å². The van der Waals surface area contributed by atoms with Crippen molar-refractivity contribution in [2.75, 3.05) is 13.1 Å². The SMILES string of the molecule is CCCCC(CC)N1CC(n2cc(C(=O)O)nn2)C1. The standard InChI is InChI=1S/C13H22N4O2/c1-3-5-6-10(4-2)16-7-11(8-16)17-9-12(13(18)19)14-15-17/h9-11H,3-8H2,1-2H3,(H,18,19). The first-order valence-electron chi connectivity index (χ1n) is 7.04. The molecule has 1 aromatic heterocycles. The summed E-state index contributed by atoms with van der Waals surface area (Å²) in [5, 5.41) is 16.4. The summed E-state index contributed by atoms with van der Waals surface area (Å²) in [5.74, 6) is -1.02. The molecule has 0 aromatic carbocycles. The van der Waals surface area contributed by atoms with E-state index in [2.05, 4.69) is 29.1 Å². The molecular formula is C13H22N4O2. The molecule has 1 aliphatic heterocycles. The second kappa shape index (κ2) is 6.14. The highest BCUT2D eigenvalue weighted by Gasteiger charge is 2.33. The van der Waals surface area contributed by atoms with Crippen LogP contribution in [0.4, 0.5) is 0 Å². The maximum absolute atomic E-state index is 10.8. The zero-order valence-corrected chi connectivity index (χ0v) is 11.6. The van der Waals surface area contributed by atoms with Crippen LogP contribution >= 0.6 is 0 Å². The van der Waals surface area contributed by atoms with Crippen LogP contribution in [0.5, 0.6) is 0 Å². The molecular weight excluding hydrogens is 244 g/mol. The summed E-state index contributed by atoms with van der Waals surface area (Å²) in [6.07, 6.45) is 6.45. The number of likely N-dealkylation sites (tertiary alicyclic amines) is 1. The Kier molecular flexibility index (Phi) is 4.52. The van der Waals surface area contributed by atoms with Crippen LogP contribution in [-0.2, 0) is 0 Å². The Hall–Kier alpha value is -1.43. The summed E-state index contributed by atoms with van der Waals surface area (Å²) in [6, 6.07) is 0.926. The van der Waals surface area contributed by atoms with E-state index in [4.69, 9.17) is 5.11 Å². The largest absolute Gasteiger partial charge is 0.476 e. The van der Waals surface area contributed by atoms with Gasteiger partial charge in [0, 0.05) is 19.1 Å². The Morgan fingerprint density at radius 2 is 2.26 bits per heavy atom. The minimum atomic E-state index is -1.02. The third-order valence-electron chi connectivity index (χ3n) is 3.87. The average Bonchev–Trinajstić information content (AvgIpc) is 2.81. The summed E-state index contributed by atoms with van der Waals surface area (Å²) in [4.78, 5) is 13.2. The molecule has 1 atom stereocenters. The van der Waals surface area contributed by atoms with E-state index in [0.29, 0.717) is 6.04 Å². The van der Waals surface area contributed by atoms with E-state index in [9.17, 15) is 4.79 Å². The van der Waals surface area contributed by atoms with E-state index < -0.39 is 5.97 Å². The third kappa shape index (κ3) is 3.12. The van der Waals surface area contributed by atoms with Gasteiger partial charge in [0.2, 0.25) is 0 Å². The highest BCUT2D eigenvalue weighted by Crippen LogP contribution is 2.26. The Morgan fingerprint density at radius 3 is 2.79 bits per heavy atom. The van der Waals surface area contributed by atoms with Crippen molar-refractivity contribution in [3.05, 3.63) is 11.9 Å². The predicted octanol–water partition coefficient (Wildman–Crippen LogP) is 1.80. The minimum absolute atomic E-state index is 0.0245. The van der Waals surface area contributed by atoms with Crippen LogP contribution in [0.2, 0.25) is 0 Å². The number of nitrogens with zero attached hydrogens (tertiary/aromatic N) is 4. The summed E-state index contributed by atoms with van der Waals surface area (Å²) >= 11 is 0. The van der Waals surface area contributed by atoms with Crippen LogP contribution in [0, 0.1) is 0 Å². The molecule has 0 bridgehead atoms. The first kappa shape index (κ1) is 14.0. The quantitative estimate of drug-likeness (QED) is 0.814. The van der Waals surface area contributed by atoms with Crippen molar-refractivity contribution in [3.8, 4) is 0 Å². The molecule has 2 heterocycles. The van der Waals surface area contributed by atoms with Gasteiger partial charge in [-0.1, -0.05) is 31.9 Å². The van der Waals surface area contributed by atoms with Gasteiger partial charge in [0.05, 0.1) is 12.2 Å². The van der Waals surface area contributed by atoms with Crippen molar-refractivity contribution in [2.45, 2.75) is 51.6 Å². The van der Waals surface area contributed by atoms with Gasteiger partial charge in [-0.05, 0) is 12.8 Å². The number of aromatic carboxylic acids is 1. The monoisotopic (exact) mass is 266 g/mol. The minimum Gasteiger partial charge on any atom is -0.476 e. The highest BCUT2D eigenvalue weighted by molar-refractivity contribution is 5.84. The molecule has 1 aliphatic rings. The van der Waals surface area contributed by atoms with Crippen molar-refractivity contribution in [2.24, 2.45) is 0 Å². The molecule has 1 N–H and O–H groups in total. The number of unbranched alkanes of at least 4 members (excludes halogenated alkanes) is 1. The van der Waals surface area contributed by atoms with Gasteiger partial charge in [0.1, 0.15) is 0 Å². The summed E-state index contributed by atoms with van der Waals surface area (Å²) in [5.41, 5.74) is 0.0245. The van der Waals surface area contributed by atoms with Crippen LogP contribution in [-0.4, -0.2) is 50.1 Å². The first-order valence-corrected chi connectivity index (χ1v) is 7.04. The number of carboxylic acids is 1. The molecule has 2 rings (SSSR count). The van der Waals surface area contributed by atoms with Crippen LogP contribution in [0.1, 0.15) is 56.1 Å². The van der Waals surface area contributed by atoms with Crippen LogP contribution in [0.3, 0.4) is 0 Å². The van der Waals surface area contributed by atoms with Gasteiger partial charge in [-0.3, -0.25) is 4.90 Å². The number of hydrogen-bond donors (Lipinski definition) is 1. The Bertz CT molecular complexity index is 426. The second-order valence-electron chi connectivity index (χ2n) is 5.20. The molecule has 106 valence electrons. The molecule has 0 spiro atoms. The Labute approximate surface area is 113 Å². The lowest BCUT2D eigenvalue weighted by molar-refractivity contribution is 0.0450.